The number of amides is 3. The van der Waals surface area contributed by atoms with E-state index in [0.29, 0.717) is 94.5 Å². The highest BCUT2D eigenvalue weighted by Gasteiger charge is 2.28. The second-order valence-corrected chi connectivity index (χ2v) is 16.2. The predicted octanol–water partition coefficient (Wildman–Crippen LogP) is 3.33. The molecule has 0 spiro atoms. The number of nitrogen functional groups attached to an aromatic ring is 2. The van der Waals surface area contributed by atoms with Gasteiger partial charge in [-0.15, -0.1) is 0 Å². The highest BCUT2D eigenvalue weighted by molar-refractivity contribution is 5.98. The first-order valence-corrected chi connectivity index (χ1v) is 22.2. The lowest BCUT2D eigenvalue weighted by atomic mass is 9.93. The lowest BCUT2D eigenvalue weighted by Crippen LogP contribution is -2.34. The summed E-state index contributed by atoms with van der Waals surface area (Å²) in [6, 6.07) is 6.93. The van der Waals surface area contributed by atoms with Crippen molar-refractivity contribution < 1.29 is 52.8 Å². The molecule has 7 N–H and O–H groups in total. The Bertz CT molecular complexity index is 2000. The molecule has 0 aliphatic rings. The predicted molar refractivity (Wildman–Crippen MR) is 248 cm³/mol. The van der Waals surface area contributed by atoms with Gasteiger partial charge in [0.2, 0.25) is 23.7 Å². The van der Waals surface area contributed by atoms with Crippen LogP contribution >= 0.6 is 0 Å². The van der Waals surface area contributed by atoms with Crippen molar-refractivity contribution in [3.05, 3.63) is 41.7 Å². The summed E-state index contributed by atoms with van der Waals surface area (Å²) in [6.45, 7) is 13.9. The zero-order chi connectivity index (χ0) is 49.1. The quantitative estimate of drug-likeness (QED) is 0.0379. The molecule has 0 saturated heterocycles. The minimum absolute atomic E-state index is 0.00121. The van der Waals surface area contributed by atoms with E-state index in [2.05, 4.69) is 30.6 Å². The summed E-state index contributed by atoms with van der Waals surface area (Å²) < 4.78 is 20.8. The fourth-order valence-corrected chi connectivity index (χ4v) is 6.03. The van der Waals surface area contributed by atoms with Gasteiger partial charge in [-0.25, -0.2) is 9.97 Å². The lowest BCUT2D eigenvalue weighted by Gasteiger charge is -2.24. The van der Waals surface area contributed by atoms with E-state index in [4.69, 9.17) is 35.5 Å². The van der Waals surface area contributed by atoms with Crippen LogP contribution in [0.5, 0.6) is 0 Å². The van der Waals surface area contributed by atoms with Gasteiger partial charge in [-0.05, 0) is 71.2 Å². The number of methoxy groups -OCH3 is 1. The first kappa shape index (κ1) is 56.1. The largest absolute Gasteiger partial charge is 0.481 e. The van der Waals surface area contributed by atoms with Crippen LogP contribution in [0, 0.1) is 5.92 Å². The number of carboxylic acids is 1. The number of benzene rings is 1. The number of ketones is 1. The molecule has 21 heteroatoms. The summed E-state index contributed by atoms with van der Waals surface area (Å²) in [6.07, 6.45) is 3.09. The maximum absolute atomic E-state index is 13.3. The van der Waals surface area contributed by atoms with Crippen LogP contribution in [0.2, 0.25) is 0 Å². The van der Waals surface area contributed by atoms with Gasteiger partial charge in [0.25, 0.3) is 0 Å². The highest BCUT2D eigenvalue weighted by atomic mass is 16.6. The molecule has 66 heavy (non-hydrogen) atoms. The zero-order valence-corrected chi connectivity index (χ0v) is 39.6. The van der Waals surface area contributed by atoms with Crippen LogP contribution in [-0.2, 0) is 49.5 Å². The molecular weight excluding hydrogens is 857 g/mol. The summed E-state index contributed by atoms with van der Waals surface area (Å²) in [7, 11) is 3.49. The van der Waals surface area contributed by atoms with Gasteiger partial charge in [-0.3, -0.25) is 28.8 Å². The van der Waals surface area contributed by atoms with Crippen LogP contribution in [0.1, 0.15) is 102 Å². The van der Waals surface area contributed by atoms with E-state index >= 15 is 0 Å². The van der Waals surface area contributed by atoms with Gasteiger partial charge in [0.05, 0.1) is 63.8 Å². The molecule has 3 rings (SSSR count). The number of anilines is 3. The Morgan fingerprint density at radius 3 is 2.12 bits per heavy atom. The van der Waals surface area contributed by atoms with E-state index in [0.717, 1.165) is 18.7 Å². The van der Waals surface area contributed by atoms with Crippen LogP contribution in [-0.4, -0.2) is 144 Å². The molecule has 0 bridgehead atoms. The Balaban J connectivity index is 0.000000793. The Morgan fingerprint density at radius 1 is 0.833 bits per heavy atom. The summed E-state index contributed by atoms with van der Waals surface area (Å²) in [5.41, 5.74) is 13.3. The Morgan fingerprint density at radius 2 is 1.48 bits per heavy atom. The number of nitrogens with zero attached hydrogens (tertiary/aromatic N) is 6. The number of esters is 1. The fourth-order valence-electron chi connectivity index (χ4n) is 6.03. The number of carboxylic acid groups (broad SMARTS) is 1. The summed E-state index contributed by atoms with van der Waals surface area (Å²) in [4.78, 5) is 93.4. The average Bonchev–Trinajstić information content (AvgIpc) is 3.26. The molecule has 1 aromatic carbocycles. The van der Waals surface area contributed by atoms with Crippen LogP contribution in [0.15, 0.2) is 30.5 Å². The summed E-state index contributed by atoms with van der Waals surface area (Å²) in [5.74, 6) is -3.05. The number of ether oxygens (including phenoxy) is 4. The summed E-state index contributed by atoms with van der Waals surface area (Å²) in [5, 5.41) is 14.4. The minimum Gasteiger partial charge on any atom is -0.481 e. The monoisotopic (exact) mass is 927 g/mol. The molecule has 366 valence electrons. The SMILES string of the molecule is CCCNC(=O)CCOCCOCCOC.CCN(CCCNC(=O)CC[C@@H](CC(=O)c1ccc(N(C)Cc2cnc3nc(N)nc(N)c3n2)cc1)C(=O)OC(C)(C)C)C(=O)CCC(=O)O. The topological polar surface area (TPSA) is 294 Å². The van der Waals surface area contributed by atoms with Gasteiger partial charge in [0, 0.05) is 77.3 Å². The number of aromatic nitrogens is 4. The second-order valence-electron chi connectivity index (χ2n) is 16.2. The molecule has 3 amide bonds. The van der Waals surface area contributed by atoms with Crippen LogP contribution in [0.4, 0.5) is 17.5 Å². The van der Waals surface area contributed by atoms with Crippen molar-refractivity contribution in [2.45, 2.75) is 98.1 Å². The number of aliphatic carboxylic acids is 1. The van der Waals surface area contributed by atoms with Crippen LogP contribution in [0.25, 0.3) is 11.2 Å². The van der Waals surface area contributed by atoms with Gasteiger partial charge < -0.3 is 56.0 Å². The number of carbonyl (C=O) groups is 6. The number of Topliss-reactive ketones (excluding diaryl/α,β-unsaturated/α-hetero) is 1. The van der Waals surface area contributed by atoms with Gasteiger partial charge in [0.1, 0.15) is 5.60 Å². The molecule has 0 unspecified atom stereocenters. The van der Waals surface area contributed by atoms with Crippen molar-refractivity contribution in [3.63, 3.8) is 0 Å². The molecular formula is C45H70N10O11. The Labute approximate surface area is 387 Å². The van der Waals surface area contributed by atoms with E-state index in [-0.39, 0.29) is 67.4 Å². The molecule has 3 aromatic rings. The number of rotatable bonds is 29. The number of fused-ring (bicyclic) bond motifs is 1. The van der Waals surface area contributed by atoms with E-state index in [9.17, 15) is 28.8 Å². The molecule has 2 aromatic heterocycles. The maximum Gasteiger partial charge on any atom is 0.309 e. The van der Waals surface area contributed by atoms with Gasteiger partial charge in [0.15, 0.2) is 22.8 Å². The van der Waals surface area contributed by atoms with Crippen molar-refractivity contribution in [1.82, 2.24) is 35.5 Å². The van der Waals surface area contributed by atoms with E-state index in [1.807, 2.05) is 18.9 Å². The normalized spacial score (nSPS) is 11.5. The third kappa shape index (κ3) is 22.7. The van der Waals surface area contributed by atoms with Crippen LogP contribution < -0.4 is 27.0 Å². The lowest BCUT2D eigenvalue weighted by molar-refractivity contribution is -0.160. The van der Waals surface area contributed by atoms with Crippen molar-refractivity contribution in [3.8, 4) is 0 Å². The standard InChI is InChI=1S/C34H47N9O7.C11H23NO4/c1-6-43(27(46)14-15-28(47)48)17-7-16-37-26(45)13-10-22(32(49)50-34(2,3)4)18-25(44)21-8-11-24(12-9-21)42(5)20-23-19-38-31-29(39-23)30(35)40-33(36)41-31;1-3-5-12-11(13)4-6-15-9-10-16-8-7-14-2/h8-9,11-12,19,22H,6-7,10,13-18,20H2,1-5H3,(H,37,45)(H,47,48)(H4,35,36,38,40,41);3-10H2,1-2H3,(H,12,13)/t22-;/m0./s1. The molecule has 0 fully saturated rings. The first-order chi connectivity index (χ1) is 31.4. The van der Waals surface area contributed by atoms with E-state index in [1.165, 1.54) is 0 Å². The number of hydrogen-bond donors (Lipinski definition) is 5. The third-order valence-electron chi connectivity index (χ3n) is 9.49. The summed E-state index contributed by atoms with van der Waals surface area (Å²) >= 11 is 0. The van der Waals surface area contributed by atoms with Gasteiger partial charge in [-0.1, -0.05) is 6.92 Å². The fraction of sp³-hybridized carbons (Fsp3) is 0.600. The molecule has 0 saturated carbocycles. The van der Waals surface area contributed by atoms with Crippen molar-refractivity contribution in [1.29, 1.82) is 0 Å². The number of nitrogens with one attached hydrogen (secondary N) is 2. The number of hydrogen-bond acceptors (Lipinski definition) is 17. The highest BCUT2D eigenvalue weighted by Crippen LogP contribution is 2.23. The molecule has 21 nitrogen and oxygen atoms in total. The molecule has 0 aliphatic heterocycles. The number of carbonyl (C=O) groups excluding carboxylic acids is 5. The van der Waals surface area contributed by atoms with Gasteiger partial charge >= 0.3 is 11.9 Å². The van der Waals surface area contributed by atoms with Crippen LogP contribution in [0.3, 0.4) is 0 Å². The molecule has 0 radical (unpaired) electrons. The maximum atomic E-state index is 13.3. The van der Waals surface area contributed by atoms with Crippen molar-refractivity contribution in [2.75, 3.05) is 89.7 Å². The van der Waals surface area contributed by atoms with Crippen molar-refractivity contribution >= 4 is 64.1 Å². The molecule has 0 aliphatic carbocycles. The van der Waals surface area contributed by atoms with E-state index in [1.54, 1.807) is 70.2 Å². The smallest absolute Gasteiger partial charge is 0.309 e. The first-order valence-electron chi connectivity index (χ1n) is 22.2. The van der Waals surface area contributed by atoms with E-state index < -0.39 is 23.5 Å². The zero-order valence-electron chi connectivity index (χ0n) is 39.6. The third-order valence-corrected chi connectivity index (χ3v) is 9.49. The molecule has 2 heterocycles. The molecule has 1 atom stereocenters. The Hall–Kier alpha value is -6.06. The number of nitrogens with two attached hydrogens (primary N) is 2. The minimum atomic E-state index is -1.03. The Kier molecular flexibility index (Phi) is 25.7. The second kappa shape index (κ2) is 30.2. The van der Waals surface area contributed by atoms with Gasteiger partial charge in [-0.2, -0.15) is 9.97 Å². The van der Waals surface area contributed by atoms with Crippen molar-refractivity contribution in [2.24, 2.45) is 5.92 Å². The average molecular weight is 927 g/mol.